The van der Waals surface area contributed by atoms with Gasteiger partial charge in [0.25, 0.3) is 5.56 Å². The summed E-state index contributed by atoms with van der Waals surface area (Å²) in [6, 6.07) is 10.0. The fourth-order valence-corrected chi connectivity index (χ4v) is 4.40. The van der Waals surface area contributed by atoms with Crippen molar-refractivity contribution in [1.82, 2.24) is 9.38 Å². The fourth-order valence-electron chi connectivity index (χ4n) is 3.06. The molecule has 0 fully saturated rings. The maximum atomic E-state index is 12.7. The quantitative estimate of drug-likeness (QED) is 0.688. The minimum Gasteiger partial charge on any atom is -0.269 e. The van der Waals surface area contributed by atoms with E-state index in [1.807, 2.05) is 36.5 Å². The highest BCUT2D eigenvalue weighted by atomic mass is 32.1. The average molecular weight is 296 g/mol. The van der Waals surface area contributed by atoms with Crippen LogP contribution in [0, 0.1) is 5.41 Å². The Morgan fingerprint density at radius 2 is 1.95 bits per heavy atom. The van der Waals surface area contributed by atoms with E-state index in [9.17, 15) is 4.79 Å². The van der Waals surface area contributed by atoms with Crippen LogP contribution in [0.3, 0.4) is 0 Å². The van der Waals surface area contributed by atoms with Gasteiger partial charge in [-0.3, -0.25) is 9.20 Å². The largest absolute Gasteiger partial charge is 0.269 e. The molecule has 1 aliphatic rings. The first-order chi connectivity index (χ1) is 10.0. The highest BCUT2D eigenvalue weighted by molar-refractivity contribution is 7.16. The van der Waals surface area contributed by atoms with Crippen LogP contribution in [0.2, 0.25) is 0 Å². The van der Waals surface area contributed by atoms with Crippen molar-refractivity contribution < 1.29 is 0 Å². The molecular formula is C17H16N2OS. The summed E-state index contributed by atoms with van der Waals surface area (Å²) < 4.78 is 1.72. The molecule has 0 aliphatic heterocycles. The van der Waals surface area contributed by atoms with E-state index < -0.39 is 0 Å². The Hall–Kier alpha value is -1.94. The lowest BCUT2D eigenvalue weighted by Gasteiger charge is -2.14. The van der Waals surface area contributed by atoms with Crippen molar-refractivity contribution in [2.75, 3.05) is 0 Å². The van der Waals surface area contributed by atoms with Gasteiger partial charge in [0.05, 0.1) is 5.69 Å². The molecule has 1 aliphatic carbocycles. The molecule has 0 amide bonds. The lowest BCUT2D eigenvalue weighted by molar-refractivity contribution is 0.393. The zero-order valence-electron chi connectivity index (χ0n) is 12.1. The van der Waals surface area contributed by atoms with Gasteiger partial charge >= 0.3 is 0 Å². The van der Waals surface area contributed by atoms with Crippen molar-refractivity contribution in [2.45, 2.75) is 26.7 Å². The molecule has 0 spiro atoms. The summed E-state index contributed by atoms with van der Waals surface area (Å²) in [6.07, 6.45) is 3.72. The molecule has 0 radical (unpaired) electrons. The smallest absolute Gasteiger partial charge is 0.261 e. The standard InChI is InChI=1S/C17H16N2OS/c1-17(2)8-12-14(9-17)21-16-18-13(10-19(16)15(12)20)11-6-4-3-5-7-11/h3-7,10H,8-9H2,1-2H3. The van der Waals surface area contributed by atoms with Crippen molar-refractivity contribution in [3.05, 3.63) is 57.3 Å². The van der Waals surface area contributed by atoms with E-state index in [2.05, 4.69) is 18.8 Å². The summed E-state index contributed by atoms with van der Waals surface area (Å²) in [4.78, 5) is 19.3. The third-order valence-electron chi connectivity index (χ3n) is 4.07. The van der Waals surface area contributed by atoms with Gasteiger partial charge < -0.3 is 0 Å². The normalized spacial score (nSPS) is 16.3. The molecule has 3 nitrogen and oxygen atoms in total. The van der Waals surface area contributed by atoms with Gasteiger partial charge in [0.15, 0.2) is 4.96 Å². The molecular weight excluding hydrogens is 280 g/mol. The Kier molecular flexibility index (Phi) is 2.60. The monoisotopic (exact) mass is 296 g/mol. The first kappa shape index (κ1) is 12.8. The van der Waals surface area contributed by atoms with Gasteiger partial charge in [-0.15, -0.1) is 11.3 Å². The predicted octanol–water partition coefficient (Wildman–Crippen LogP) is 3.55. The minimum absolute atomic E-state index is 0.110. The maximum absolute atomic E-state index is 12.7. The van der Waals surface area contributed by atoms with Crippen LogP contribution in [0.4, 0.5) is 0 Å². The molecule has 0 saturated carbocycles. The van der Waals surface area contributed by atoms with Crippen LogP contribution in [0.1, 0.15) is 24.3 Å². The lowest BCUT2D eigenvalue weighted by Crippen LogP contribution is -2.17. The van der Waals surface area contributed by atoms with Crippen LogP contribution in [0.25, 0.3) is 16.2 Å². The molecule has 0 saturated heterocycles. The molecule has 4 rings (SSSR count). The zero-order chi connectivity index (χ0) is 14.6. The SMILES string of the molecule is CC1(C)Cc2sc3nc(-c4ccccc4)cn3c(=O)c2C1. The molecule has 0 unspecified atom stereocenters. The van der Waals surface area contributed by atoms with Gasteiger partial charge in [0, 0.05) is 22.2 Å². The molecule has 106 valence electrons. The van der Waals surface area contributed by atoms with Gasteiger partial charge in [-0.25, -0.2) is 4.98 Å². The molecule has 4 heteroatoms. The van der Waals surface area contributed by atoms with Gasteiger partial charge in [-0.05, 0) is 18.3 Å². The predicted molar refractivity (Wildman–Crippen MR) is 86.0 cm³/mol. The number of benzene rings is 1. The van der Waals surface area contributed by atoms with Crippen LogP contribution >= 0.6 is 11.3 Å². The Morgan fingerprint density at radius 3 is 2.71 bits per heavy atom. The molecule has 2 heterocycles. The van der Waals surface area contributed by atoms with Gasteiger partial charge in [-0.2, -0.15) is 0 Å². The summed E-state index contributed by atoms with van der Waals surface area (Å²) >= 11 is 1.66. The highest BCUT2D eigenvalue weighted by Crippen LogP contribution is 2.37. The second-order valence-electron chi connectivity index (χ2n) is 6.47. The number of aromatic nitrogens is 2. The molecule has 21 heavy (non-hydrogen) atoms. The Balaban J connectivity index is 1.92. The van der Waals surface area contributed by atoms with Crippen molar-refractivity contribution in [2.24, 2.45) is 5.41 Å². The van der Waals surface area contributed by atoms with Crippen LogP contribution in [-0.4, -0.2) is 9.38 Å². The van der Waals surface area contributed by atoms with E-state index in [4.69, 9.17) is 0 Å². The first-order valence-electron chi connectivity index (χ1n) is 7.13. The summed E-state index contributed by atoms with van der Waals surface area (Å²) in [5.41, 5.74) is 3.20. The third kappa shape index (κ3) is 2.02. The second kappa shape index (κ2) is 4.28. The van der Waals surface area contributed by atoms with Crippen molar-refractivity contribution >= 4 is 16.3 Å². The van der Waals surface area contributed by atoms with Gasteiger partial charge in [0.2, 0.25) is 0 Å². The highest BCUT2D eigenvalue weighted by Gasteiger charge is 2.32. The number of nitrogens with zero attached hydrogens (tertiary/aromatic N) is 2. The van der Waals surface area contributed by atoms with Gasteiger partial charge in [0.1, 0.15) is 0 Å². The first-order valence-corrected chi connectivity index (χ1v) is 7.95. The third-order valence-corrected chi connectivity index (χ3v) is 5.17. The Labute approximate surface area is 126 Å². The van der Waals surface area contributed by atoms with E-state index in [0.717, 1.165) is 34.6 Å². The summed E-state index contributed by atoms with van der Waals surface area (Å²) in [7, 11) is 0. The zero-order valence-corrected chi connectivity index (χ0v) is 12.9. The van der Waals surface area contributed by atoms with Crippen molar-refractivity contribution in [3.8, 4) is 11.3 Å². The van der Waals surface area contributed by atoms with Crippen LogP contribution in [0.5, 0.6) is 0 Å². The molecule has 0 bridgehead atoms. The average Bonchev–Trinajstić information content (AvgIpc) is 3.00. The number of hydrogen-bond acceptors (Lipinski definition) is 3. The Bertz CT molecular complexity index is 890. The van der Waals surface area contributed by atoms with Crippen LogP contribution in [-0.2, 0) is 12.8 Å². The molecule has 0 atom stereocenters. The number of rotatable bonds is 1. The van der Waals surface area contributed by atoms with Crippen molar-refractivity contribution in [1.29, 1.82) is 0 Å². The van der Waals surface area contributed by atoms with Crippen LogP contribution < -0.4 is 5.56 Å². The molecule has 1 aromatic carbocycles. The minimum atomic E-state index is 0.110. The summed E-state index contributed by atoms with van der Waals surface area (Å²) in [5, 5.41) is 0. The summed E-state index contributed by atoms with van der Waals surface area (Å²) in [5.74, 6) is 0. The van der Waals surface area contributed by atoms with Gasteiger partial charge in [-0.1, -0.05) is 44.2 Å². The van der Waals surface area contributed by atoms with E-state index >= 15 is 0 Å². The van der Waals surface area contributed by atoms with Crippen LogP contribution in [0.15, 0.2) is 41.3 Å². The van der Waals surface area contributed by atoms with E-state index in [1.165, 1.54) is 4.88 Å². The number of hydrogen-bond donors (Lipinski definition) is 0. The topological polar surface area (TPSA) is 34.4 Å². The molecule has 3 aromatic rings. The Morgan fingerprint density at radius 1 is 1.19 bits per heavy atom. The molecule has 0 N–H and O–H groups in total. The molecule has 2 aromatic heterocycles. The van der Waals surface area contributed by atoms with E-state index in [0.29, 0.717) is 0 Å². The van der Waals surface area contributed by atoms with E-state index in [1.54, 1.807) is 15.7 Å². The fraction of sp³-hybridized carbons (Fsp3) is 0.294. The number of fused-ring (bicyclic) bond motifs is 2. The van der Waals surface area contributed by atoms with Crippen molar-refractivity contribution in [3.63, 3.8) is 0 Å². The van der Waals surface area contributed by atoms with E-state index in [-0.39, 0.29) is 11.0 Å². The number of imidazole rings is 1. The maximum Gasteiger partial charge on any atom is 0.261 e. The lowest BCUT2D eigenvalue weighted by atomic mass is 9.91. The second-order valence-corrected chi connectivity index (χ2v) is 7.53. The summed E-state index contributed by atoms with van der Waals surface area (Å²) in [6.45, 7) is 4.44.